The molecule has 0 bridgehead atoms. The molecule has 202 valence electrons. The molecular weight excluding hydrogens is 520 g/mol. The van der Waals surface area contributed by atoms with Crippen LogP contribution in [0.3, 0.4) is 0 Å². The molecule has 0 fully saturated rings. The van der Waals surface area contributed by atoms with Gasteiger partial charge in [0.25, 0.3) is 11.5 Å². The topological polar surface area (TPSA) is 99.4 Å². The normalized spacial score (nSPS) is 11.9. The number of amides is 1. The van der Waals surface area contributed by atoms with Gasteiger partial charge >= 0.3 is 11.7 Å². The minimum atomic E-state index is -1.27. The summed E-state index contributed by atoms with van der Waals surface area (Å²) in [4.78, 5) is 51.4. The lowest BCUT2D eigenvalue weighted by Crippen LogP contribution is -2.43. The highest BCUT2D eigenvalue weighted by Gasteiger charge is 2.26. The van der Waals surface area contributed by atoms with Gasteiger partial charge in [-0.3, -0.25) is 18.7 Å². The summed E-state index contributed by atoms with van der Waals surface area (Å²) in [5, 5.41) is 4.05. The maximum Gasteiger partial charge on any atom is 0.335 e. The van der Waals surface area contributed by atoms with Crippen molar-refractivity contribution in [1.29, 1.82) is 0 Å². The number of carbonyl (C=O) groups excluding carboxylic acids is 2. The van der Waals surface area contributed by atoms with E-state index in [9.17, 15) is 28.0 Å². The Kier molecular flexibility index (Phi) is 7.00. The van der Waals surface area contributed by atoms with Gasteiger partial charge in [0.05, 0.1) is 23.7 Å². The predicted molar refractivity (Wildman–Crippen MR) is 146 cm³/mol. The predicted octanol–water partition coefficient (Wildman–Crippen LogP) is 3.63. The number of carbonyl (C=O) groups is 2. The lowest BCUT2D eigenvalue weighted by Gasteiger charge is -2.19. The Morgan fingerprint density at radius 2 is 1.48 bits per heavy atom. The maximum atomic E-state index is 14.2. The van der Waals surface area contributed by atoms with Crippen LogP contribution < -0.4 is 16.6 Å². The van der Waals surface area contributed by atoms with Crippen molar-refractivity contribution in [2.45, 2.75) is 12.5 Å². The summed E-state index contributed by atoms with van der Waals surface area (Å²) in [5.41, 5.74) is -0.221. The van der Waals surface area contributed by atoms with Gasteiger partial charge in [0, 0.05) is 18.9 Å². The van der Waals surface area contributed by atoms with Crippen LogP contribution in [0.1, 0.15) is 15.9 Å². The third kappa shape index (κ3) is 4.53. The number of nitrogens with one attached hydrogen (secondary N) is 1. The van der Waals surface area contributed by atoms with Crippen molar-refractivity contribution in [1.82, 2.24) is 14.5 Å². The molecule has 1 N–H and O–H groups in total. The van der Waals surface area contributed by atoms with Crippen molar-refractivity contribution in [3.8, 4) is 5.69 Å². The molecule has 1 atom stereocenters. The Morgan fingerprint density at radius 3 is 2.20 bits per heavy atom. The zero-order valence-electron chi connectivity index (χ0n) is 21.5. The van der Waals surface area contributed by atoms with Crippen molar-refractivity contribution < 1.29 is 23.1 Å². The first-order valence-corrected chi connectivity index (χ1v) is 12.3. The maximum absolute atomic E-state index is 14.2. The third-order valence-electron chi connectivity index (χ3n) is 6.79. The Balaban J connectivity index is 1.61. The van der Waals surface area contributed by atoms with E-state index in [1.807, 2.05) is 0 Å². The van der Waals surface area contributed by atoms with Crippen LogP contribution in [0.4, 0.5) is 8.78 Å². The largest absolute Gasteiger partial charge is 0.467 e. The molecule has 40 heavy (non-hydrogen) atoms. The highest BCUT2D eigenvalue weighted by atomic mass is 19.1. The van der Waals surface area contributed by atoms with Crippen molar-refractivity contribution in [2.24, 2.45) is 7.05 Å². The number of hydrogen-bond donors (Lipinski definition) is 1. The fraction of sp³-hybridized carbons (Fsp3) is 0.133. The van der Waals surface area contributed by atoms with E-state index in [2.05, 4.69) is 5.32 Å². The van der Waals surface area contributed by atoms with E-state index in [4.69, 9.17) is 4.74 Å². The highest BCUT2D eigenvalue weighted by molar-refractivity contribution is 5.98. The first-order chi connectivity index (χ1) is 19.2. The molecule has 0 saturated carbocycles. The van der Waals surface area contributed by atoms with Gasteiger partial charge in [0.15, 0.2) is 0 Å². The zero-order valence-corrected chi connectivity index (χ0v) is 21.5. The second-order valence-electron chi connectivity index (χ2n) is 9.14. The number of benzene rings is 4. The Bertz CT molecular complexity index is 1910. The van der Waals surface area contributed by atoms with E-state index in [0.29, 0.717) is 32.9 Å². The summed E-state index contributed by atoms with van der Waals surface area (Å²) < 4.78 is 35.8. The van der Waals surface area contributed by atoms with E-state index in [0.717, 1.165) is 29.9 Å². The quantitative estimate of drug-likeness (QED) is 0.330. The van der Waals surface area contributed by atoms with E-state index < -0.39 is 46.4 Å². The van der Waals surface area contributed by atoms with Crippen LogP contribution in [-0.2, 0) is 23.0 Å². The number of fused-ring (bicyclic) bond motifs is 2. The molecule has 0 radical (unpaired) electrons. The standard InChI is InChI=1S/C30H23F2N3O5/c1-34-28(37)20-9-3-4-14-25(20)35(30(34)39)24-15-6-10-18-17(8-5-11-19(18)24)16-23(29(38)40-2)33-27(36)26-21(31)12-7-13-22(26)32/h3-15,23H,16H2,1-2H3,(H,33,36)/t23-/m0/s1. The summed E-state index contributed by atoms with van der Waals surface area (Å²) in [6.45, 7) is 0. The number of rotatable bonds is 6. The lowest BCUT2D eigenvalue weighted by atomic mass is 9.97. The van der Waals surface area contributed by atoms with Crippen molar-refractivity contribution in [2.75, 3.05) is 7.11 Å². The van der Waals surface area contributed by atoms with E-state index in [-0.39, 0.29) is 6.42 Å². The van der Waals surface area contributed by atoms with E-state index in [1.165, 1.54) is 11.6 Å². The van der Waals surface area contributed by atoms with Crippen LogP contribution in [0, 0.1) is 11.6 Å². The van der Waals surface area contributed by atoms with Gasteiger partial charge in [-0.15, -0.1) is 0 Å². The molecular formula is C30H23F2N3O5. The van der Waals surface area contributed by atoms with Crippen molar-refractivity contribution in [3.63, 3.8) is 0 Å². The minimum Gasteiger partial charge on any atom is -0.467 e. The van der Waals surface area contributed by atoms with Crippen molar-refractivity contribution >= 4 is 33.6 Å². The Labute approximate surface area is 226 Å². The summed E-state index contributed by atoms with van der Waals surface area (Å²) in [7, 11) is 2.55. The Hall–Kier alpha value is -5.12. The van der Waals surface area contributed by atoms with Crippen molar-refractivity contribution in [3.05, 3.63) is 122 Å². The van der Waals surface area contributed by atoms with Gasteiger partial charge in [-0.1, -0.05) is 48.5 Å². The second kappa shape index (κ2) is 10.6. The first-order valence-electron chi connectivity index (χ1n) is 12.3. The average molecular weight is 544 g/mol. The molecule has 0 aliphatic rings. The SMILES string of the molecule is COC(=O)[C@H](Cc1cccc2c(-n3c(=O)n(C)c(=O)c4ccccc43)cccc12)NC(=O)c1c(F)cccc1F. The van der Waals surface area contributed by atoms with Crippen LogP contribution >= 0.6 is 0 Å². The fourth-order valence-corrected chi connectivity index (χ4v) is 4.83. The molecule has 0 aliphatic carbocycles. The van der Waals surface area contributed by atoms with Gasteiger partial charge < -0.3 is 10.1 Å². The minimum absolute atomic E-state index is 0.0712. The molecule has 1 amide bonds. The number of ether oxygens (including phenoxy) is 1. The molecule has 5 rings (SSSR count). The van der Waals surface area contributed by atoms with Gasteiger partial charge in [0.1, 0.15) is 23.2 Å². The zero-order chi connectivity index (χ0) is 28.6. The molecule has 8 nitrogen and oxygen atoms in total. The number of methoxy groups -OCH3 is 1. The summed E-state index contributed by atoms with van der Waals surface area (Å²) in [6, 6.07) is 19.0. The number of halogens is 2. The number of nitrogens with zero attached hydrogens (tertiary/aromatic N) is 2. The molecule has 1 heterocycles. The average Bonchev–Trinajstić information content (AvgIpc) is 2.95. The highest BCUT2D eigenvalue weighted by Crippen LogP contribution is 2.27. The molecule has 0 saturated heterocycles. The van der Waals surface area contributed by atoms with Crippen LogP contribution in [0.5, 0.6) is 0 Å². The summed E-state index contributed by atoms with van der Waals surface area (Å²) >= 11 is 0. The monoisotopic (exact) mass is 543 g/mol. The third-order valence-corrected chi connectivity index (χ3v) is 6.79. The summed E-state index contributed by atoms with van der Waals surface area (Å²) in [6.07, 6.45) is -0.0712. The number of hydrogen-bond acceptors (Lipinski definition) is 5. The van der Waals surface area contributed by atoms with Crippen LogP contribution in [0.25, 0.3) is 27.4 Å². The molecule has 4 aromatic carbocycles. The number of aromatic nitrogens is 2. The van der Waals surface area contributed by atoms with Gasteiger partial charge in [-0.25, -0.2) is 18.4 Å². The molecule has 0 aliphatic heterocycles. The fourth-order valence-electron chi connectivity index (χ4n) is 4.83. The second-order valence-corrected chi connectivity index (χ2v) is 9.14. The first kappa shape index (κ1) is 26.5. The lowest BCUT2D eigenvalue weighted by molar-refractivity contribution is -0.142. The molecule has 0 spiro atoms. The molecule has 1 aromatic heterocycles. The molecule has 10 heteroatoms. The molecule has 5 aromatic rings. The van der Waals surface area contributed by atoms with Gasteiger partial charge in [-0.2, -0.15) is 0 Å². The smallest absolute Gasteiger partial charge is 0.335 e. The van der Waals surface area contributed by atoms with Gasteiger partial charge in [0.2, 0.25) is 0 Å². The summed E-state index contributed by atoms with van der Waals surface area (Å²) in [5.74, 6) is -4.04. The van der Waals surface area contributed by atoms with Gasteiger partial charge in [-0.05, 0) is 41.3 Å². The van der Waals surface area contributed by atoms with Crippen LogP contribution in [-0.4, -0.2) is 34.2 Å². The Morgan fingerprint density at radius 1 is 0.850 bits per heavy atom. The molecule has 0 unspecified atom stereocenters. The van der Waals surface area contributed by atoms with E-state index >= 15 is 0 Å². The number of para-hydroxylation sites is 1. The van der Waals surface area contributed by atoms with Crippen LogP contribution in [0.2, 0.25) is 0 Å². The number of esters is 1. The van der Waals surface area contributed by atoms with Crippen LogP contribution in [0.15, 0.2) is 88.5 Å². The van der Waals surface area contributed by atoms with E-state index in [1.54, 1.807) is 60.7 Å².